The van der Waals surface area contributed by atoms with Gasteiger partial charge < -0.3 is 19.7 Å². The van der Waals surface area contributed by atoms with E-state index in [4.69, 9.17) is 21.1 Å². The van der Waals surface area contributed by atoms with Crippen molar-refractivity contribution in [1.29, 1.82) is 0 Å². The molecule has 7 heteroatoms. The Morgan fingerprint density at radius 3 is 2.19 bits per heavy atom. The van der Waals surface area contributed by atoms with Gasteiger partial charge in [0.1, 0.15) is 6.04 Å². The largest absolute Gasteiger partial charge is 0.490 e. The van der Waals surface area contributed by atoms with Crippen molar-refractivity contribution >= 4 is 23.4 Å². The smallest absolute Gasteiger partial charge is 0.242 e. The number of ether oxygens (including phenoxy) is 2. The predicted octanol–water partition coefficient (Wildman–Crippen LogP) is 4.62. The van der Waals surface area contributed by atoms with Crippen molar-refractivity contribution < 1.29 is 19.1 Å². The second-order valence-corrected chi connectivity index (χ2v) is 7.77. The molecule has 0 saturated carbocycles. The van der Waals surface area contributed by atoms with E-state index < -0.39 is 6.04 Å². The Kier molecular flexibility index (Phi) is 10.3. The SMILES string of the molecule is CCOc1ccc(CCC(=O)N(Cc2ccc(Cl)cc2)C(CC)C(=O)NC)cc1OCC. The molecule has 32 heavy (non-hydrogen) atoms. The van der Waals surface area contributed by atoms with E-state index in [1.54, 1.807) is 24.1 Å². The zero-order valence-electron chi connectivity index (χ0n) is 19.3. The second kappa shape index (κ2) is 13.0. The number of aryl methyl sites for hydroxylation is 1. The number of nitrogens with zero attached hydrogens (tertiary/aromatic N) is 1. The molecule has 2 rings (SSSR count). The van der Waals surface area contributed by atoms with Crippen LogP contribution in [0.15, 0.2) is 42.5 Å². The van der Waals surface area contributed by atoms with Gasteiger partial charge in [0.2, 0.25) is 11.8 Å². The van der Waals surface area contributed by atoms with Gasteiger partial charge in [-0.05, 0) is 62.1 Å². The minimum atomic E-state index is -0.539. The van der Waals surface area contributed by atoms with Crippen molar-refractivity contribution in [3.05, 3.63) is 58.6 Å². The topological polar surface area (TPSA) is 67.9 Å². The van der Waals surface area contributed by atoms with Gasteiger partial charge >= 0.3 is 0 Å². The van der Waals surface area contributed by atoms with Gasteiger partial charge in [-0.1, -0.05) is 36.7 Å². The van der Waals surface area contributed by atoms with E-state index in [0.29, 0.717) is 49.1 Å². The molecule has 0 aliphatic heterocycles. The third kappa shape index (κ3) is 7.16. The van der Waals surface area contributed by atoms with Gasteiger partial charge in [-0.3, -0.25) is 9.59 Å². The number of hydrogen-bond acceptors (Lipinski definition) is 4. The van der Waals surface area contributed by atoms with Crippen LogP contribution in [0.4, 0.5) is 0 Å². The number of likely N-dealkylation sites (N-methyl/N-ethyl adjacent to an activating group) is 1. The van der Waals surface area contributed by atoms with Crippen molar-refractivity contribution in [2.75, 3.05) is 20.3 Å². The number of rotatable bonds is 12. The molecule has 1 unspecified atom stereocenters. The van der Waals surface area contributed by atoms with Crippen LogP contribution < -0.4 is 14.8 Å². The molecule has 6 nitrogen and oxygen atoms in total. The Labute approximate surface area is 195 Å². The fourth-order valence-electron chi connectivity index (χ4n) is 3.52. The molecule has 0 aliphatic rings. The lowest BCUT2D eigenvalue weighted by molar-refractivity contribution is -0.141. The quantitative estimate of drug-likeness (QED) is 0.501. The standard InChI is InChI=1S/C25H33ClN2O4/c1-5-21(25(30)27-4)28(17-19-8-12-20(26)13-9-19)24(29)15-11-18-10-14-22(31-6-2)23(16-18)32-7-3/h8-10,12-14,16,21H,5-7,11,15,17H2,1-4H3,(H,27,30). The normalized spacial score (nSPS) is 11.5. The first-order chi connectivity index (χ1) is 15.4. The fraction of sp³-hybridized carbons (Fsp3) is 0.440. The third-order valence-electron chi connectivity index (χ3n) is 5.13. The molecule has 0 saturated heterocycles. The van der Waals surface area contributed by atoms with E-state index in [-0.39, 0.29) is 18.2 Å². The Balaban J connectivity index is 2.19. The third-order valence-corrected chi connectivity index (χ3v) is 5.39. The molecule has 0 aliphatic carbocycles. The molecule has 0 radical (unpaired) electrons. The highest BCUT2D eigenvalue weighted by Crippen LogP contribution is 2.29. The summed E-state index contributed by atoms with van der Waals surface area (Å²) in [5, 5.41) is 3.31. The maximum absolute atomic E-state index is 13.3. The van der Waals surface area contributed by atoms with Crippen molar-refractivity contribution in [3.8, 4) is 11.5 Å². The summed E-state index contributed by atoms with van der Waals surface area (Å²) in [6.07, 6.45) is 1.34. The van der Waals surface area contributed by atoms with Gasteiger partial charge in [0.05, 0.1) is 13.2 Å². The lowest BCUT2D eigenvalue weighted by Crippen LogP contribution is -2.48. The summed E-state index contributed by atoms with van der Waals surface area (Å²) >= 11 is 5.99. The Hall–Kier alpha value is -2.73. The number of nitrogens with one attached hydrogen (secondary N) is 1. The highest BCUT2D eigenvalue weighted by Gasteiger charge is 2.27. The zero-order chi connectivity index (χ0) is 23.5. The average molecular weight is 461 g/mol. The van der Waals surface area contributed by atoms with Gasteiger partial charge in [0.25, 0.3) is 0 Å². The lowest BCUT2D eigenvalue weighted by atomic mass is 10.1. The number of amides is 2. The molecular weight excluding hydrogens is 428 g/mol. The fourth-order valence-corrected chi connectivity index (χ4v) is 3.64. The molecule has 1 atom stereocenters. The summed E-state index contributed by atoms with van der Waals surface area (Å²) < 4.78 is 11.3. The summed E-state index contributed by atoms with van der Waals surface area (Å²) in [6.45, 7) is 7.17. The molecular formula is C25H33ClN2O4. The molecule has 2 aromatic carbocycles. The molecule has 1 N–H and O–H groups in total. The van der Waals surface area contributed by atoms with Crippen LogP contribution in [0.3, 0.4) is 0 Å². The van der Waals surface area contributed by atoms with Crippen LogP contribution in [0, 0.1) is 0 Å². The molecule has 0 aromatic heterocycles. The molecule has 174 valence electrons. The number of carbonyl (C=O) groups excluding carboxylic acids is 2. The van der Waals surface area contributed by atoms with Crippen molar-refractivity contribution in [2.24, 2.45) is 0 Å². The molecule has 0 spiro atoms. The molecule has 2 aromatic rings. The van der Waals surface area contributed by atoms with E-state index in [1.807, 2.05) is 51.1 Å². The van der Waals surface area contributed by atoms with E-state index in [1.165, 1.54) is 0 Å². The lowest BCUT2D eigenvalue weighted by Gasteiger charge is -2.30. The number of carbonyl (C=O) groups is 2. The molecule has 2 amide bonds. The summed E-state index contributed by atoms with van der Waals surface area (Å²) in [7, 11) is 1.59. The van der Waals surface area contributed by atoms with Crippen molar-refractivity contribution in [2.45, 2.75) is 52.6 Å². The Bertz CT molecular complexity index is 886. The van der Waals surface area contributed by atoms with Crippen molar-refractivity contribution in [1.82, 2.24) is 10.2 Å². The molecule has 0 fully saturated rings. The van der Waals surface area contributed by atoms with Crippen LogP contribution in [-0.4, -0.2) is 43.0 Å². The summed E-state index contributed by atoms with van der Waals surface area (Å²) in [6, 6.07) is 12.5. The summed E-state index contributed by atoms with van der Waals surface area (Å²) in [5.41, 5.74) is 1.90. The summed E-state index contributed by atoms with van der Waals surface area (Å²) in [4.78, 5) is 27.4. The maximum Gasteiger partial charge on any atom is 0.242 e. The van der Waals surface area contributed by atoms with Gasteiger partial charge in [0, 0.05) is 25.0 Å². The minimum absolute atomic E-state index is 0.0813. The maximum atomic E-state index is 13.3. The first-order valence-electron chi connectivity index (χ1n) is 11.1. The zero-order valence-corrected chi connectivity index (χ0v) is 20.1. The monoisotopic (exact) mass is 460 g/mol. The van der Waals surface area contributed by atoms with Gasteiger partial charge in [0.15, 0.2) is 11.5 Å². The van der Waals surface area contributed by atoms with Crippen LogP contribution in [0.2, 0.25) is 5.02 Å². The first kappa shape index (κ1) is 25.5. The average Bonchev–Trinajstić information content (AvgIpc) is 2.80. The molecule has 0 heterocycles. The Morgan fingerprint density at radius 1 is 0.969 bits per heavy atom. The van der Waals surface area contributed by atoms with Gasteiger partial charge in [-0.2, -0.15) is 0 Å². The predicted molar refractivity (Wildman–Crippen MR) is 127 cm³/mol. The van der Waals surface area contributed by atoms with E-state index in [9.17, 15) is 9.59 Å². The number of halogens is 1. The Morgan fingerprint density at radius 2 is 1.59 bits per heavy atom. The van der Waals surface area contributed by atoms with Gasteiger partial charge in [-0.15, -0.1) is 0 Å². The second-order valence-electron chi connectivity index (χ2n) is 7.33. The minimum Gasteiger partial charge on any atom is -0.490 e. The van der Waals surface area contributed by atoms with Crippen LogP contribution in [-0.2, 0) is 22.6 Å². The van der Waals surface area contributed by atoms with E-state index in [2.05, 4.69) is 5.32 Å². The van der Waals surface area contributed by atoms with Crippen LogP contribution >= 0.6 is 11.6 Å². The number of benzene rings is 2. The van der Waals surface area contributed by atoms with E-state index in [0.717, 1.165) is 11.1 Å². The summed E-state index contributed by atoms with van der Waals surface area (Å²) in [5.74, 6) is 1.12. The first-order valence-corrected chi connectivity index (χ1v) is 11.4. The van der Waals surface area contributed by atoms with Crippen LogP contribution in [0.5, 0.6) is 11.5 Å². The number of hydrogen-bond donors (Lipinski definition) is 1. The highest BCUT2D eigenvalue weighted by molar-refractivity contribution is 6.30. The van der Waals surface area contributed by atoms with Crippen LogP contribution in [0.25, 0.3) is 0 Å². The van der Waals surface area contributed by atoms with E-state index >= 15 is 0 Å². The van der Waals surface area contributed by atoms with Crippen molar-refractivity contribution in [3.63, 3.8) is 0 Å². The molecule has 0 bridgehead atoms. The highest BCUT2D eigenvalue weighted by atomic mass is 35.5. The van der Waals surface area contributed by atoms with Crippen LogP contribution in [0.1, 0.15) is 44.7 Å². The van der Waals surface area contributed by atoms with Gasteiger partial charge in [-0.25, -0.2) is 0 Å².